The second-order valence-corrected chi connectivity index (χ2v) is 7.76. The maximum Gasteiger partial charge on any atom is 0.0916 e. The van der Waals surface area contributed by atoms with E-state index >= 15 is 0 Å². The summed E-state index contributed by atoms with van der Waals surface area (Å²) in [5.74, 6) is 0.838. The minimum Gasteiger partial charge on any atom is -0.387 e. The lowest BCUT2D eigenvalue weighted by Crippen LogP contribution is -2.29. The van der Waals surface area contributed by atoms with Crippen molar-refractivity contribution in [1.29, 1.82) is 0 Å². The van der Waals surface area contributed by atoms with Crippen LogP contribution in [0.15, 0.2) is 24.3 Å². The molecule has 1 atom stereocenters. The second-order valence-electron chi connectivity index (χ2n) is 7.76. The van der Waals surface area contributed by atoms with Gasteiger partial charge in [-0.3, -0.25) is 0 Å². The third-order valence-corrected chi connectivity index (χ3v) is 4.69. The average molecular weight is 289 g/mol. The summed E-state index contributed by atoms with van der Waals surface area (Å²) in [6.45, 7) is 8.50. The zero-order valence-corrected chi connectivity index (χ0v) is 14.1. The fourth-order valence-corrected chi connectivity index (χ4v) is 3.31. The molecule has 1 saturated carbocycles. The van der Waals surface area contributed by atoms with Crippen molar-refractivity contribution in [3.63, 3.8) is 0 Å². The van der Waals surface area contributed by atoms with Crippen molar-refractivity contribution in [3.8, 4) is 0 Å². The number of likely N-dealkylation sites (N-methyl/N-ethyl adjacent to an activating group) is 1. The van der Waals surface area contributed by atoms with Crippen molar-refractivity contribution in [2.24, 2.45) is 5.92 Å². The Morgan fingerprint density at radius 2 is 1.71 bits per heavy atom. The van der Waals surface area contributed by atoms with Crippen molar-refractivity contribution in [1.82, 2.24) is 4.90 Å². The van der Waals surface area contributed by atoms with Crippen molar-refractivity contribution in [2.75, 3.05) is 20.1 Å². The van der Waals surface area contributed by atoms with Gasteiger partial charge in [0.1, 0.15) is 0 Å². The Morgan fingerprint density at radius 1 is 1.14 bits per heavy atom. The number of nitrogens with zero attached hydrogens (tertiary/aromatic N) is 1. The third-order valence-electron chi connectivity index (χ3n) is 4.69. The molecule has 1 unspecified atom stereocenters. The molecule has 0 bridgehead atoms. The zero-order valence-electron chi connectivity index (χ0n) is 14.1. The van der Waals surface area contributed by atoms with Crippen LogP contribution in [0.4, 0.5) is 0 Å². The minimum absolute atomic E-state index is 0.169. The molecule has 0 aliphatic heterocycles. The van der Waals surface area contributed by atoms with Crippen LogP contribution in [0.1, 0.15) is 63.7 Å². The first-order valence-electron chi connectivity index (χ1n) is 8.33. The standard InChI is InChI=1S/C19H31NO/c1-19(2,3)17-11-9-16(10-12-17)18(21)14-20(4)13-15-7-5-6-8-15/h9-12,15,18,21H,5-8,13-14H2,1-4H3. The molecule has 0 radical (unpaired) electrons. The lowest BCUT2D eigenvalue weighted by Gasteiger charge is -2.24. The number of benzene rings is 1. The highest BCUT2D eigenvalue weighted by Crippen LogP contribution is 2.27. The van der Waals surface area contributed by atoms with Gasteiger partial charge in [-0.1, -0.05) is 57.9 Å². The number of rotatable bonds is 5. The molecule has 1 fully saturated rings. The SMILES string of the molecule is CN(CC1CCCC1)CC(O)c1ccc(C(C)(C)C)cc1. The summed E-state index contributed by atoms with van der Waals surface area (Å²) < 4.78 is 0. The van der Waals surface area contributed by atoms with E-state index < -0.39 is 0 Å². The van der Waals surface area contributed by atoms with E-state index in [2.05, 4.69) is 57.0 Å². The molecule has 1 N–H and O–H groups in total. The molecular weight excluding hydrogens is 258 g/mol. The predicted octanol–water partition coefficient (Wildman–Crippen LogP) is 4.14. The molecule has 0 saturated heterocycles. The number of aliphatic hydroxyl groups is 1. The Kier molecular flexibility index (Phi) is 5.45. The molecule has 0 aromatic heterocycles. The molecular formula is C19H31NO. The van der Waals surface area contributed by atoms with Gasteiger partial charge in [-0.15, -0.1) is 0 Å². The van der Waals surface area contributed by atoms with Gasteiger partial charge in [-0.05, 0) is 42.3 Å². The van der Waals surface area contributed by atoms with E-state index in [4.69, 9.17) is 0 Å². The molecule has 2 nitrogen and oxygen atoms in total. The van der Waals surface area contributed by atoms with Gasteiger partial charge in [0.15, 0.2) is 0 Å². The summed E-state index contributed by atoms with van der Waals surface area (Å²) in [7, 11) is 2.13. The van der Waals surface area contributed by atoms with Crippen LogP contribution in [0, 0.1) is 5.92 Å². The van der Waals surface area contributed by atoms with Crippen LogP contribution in [0.3, 0.4) is 0 Å². The van der Waals surface area contributed by atoms with Crippen LogP contribution in [-0.2, 0) is 5.41 Å². The van der Waals surface area contributed by atoms with Crippen LogP contribution in [0.2, 0.25) is 0 Å². The normalized spacial score (nSPS) is 18.4. The lowest BCUT2D eigenvalue weighted by atomic mass is 9.86. The van der Waals surface area contributed by atoms with Gasteiger partial charge in [0.2, 0.25) is 0 Å². The number of hydrogen-bond donors (Lipinski definition) is 1. The van der Waals surface area contributed by atoms with Gasteiger partial charge in [0, 0.05) is 13.1 Å². The second kappa shape index (κ2) is 6.93. The lowest BCUT2D eigenvalue weighted by molar-refractivity contribution is 0.118. The zero-order chi connectivity index (χ0) is 15.5. The quantitative estimate of drug-likeness (QED) is 0.880. The maximum absolute atomic E-state index is 10.4. The van der Waals surface area contributed by atoms with E-state index in [1.165, 1.54) is 31.2 Å². The Bertz CT molecular complexity index is 426. The van der Waals surface area contributed by atoms with E-state index in [1.807, 2.05) is 0 Å². The predicted molar refractivity (Wildman–Crippen MR) is 89.6 cm³/mol. The highest BCUT2D eigenvalue weighted by atomic mass is 16.3. The van der Waals surface area contributed by atoms with E-state index in [0.29, 0.717) is 0 Å². The monoisotopic (exact) mass is 289 g/mol. The highest BCUT2D eigenvalue weighted by molar-refractivity contribution is 5.28. The van der Waals surface area contributed by atoms with Crippen molar-refractivity contribution < 1.29 is 5.11 Å². The number of hydrogen-bond acceptors (Lipinski definition) is 2. The molecule has 0 spiro atoms. The van der Waals surface area contributed by atoms with E-state index in [0.717, 1.165) is 24.6 Å². The van der Waals surface area contributed by atoms with Gasteiger partial charge in [-0.2, -0.15) is 0 Å². The molecule has 0 heterocycles. The van der Waals surface area contributed by atoms with Crippen molar-refractivity contribution in [3.05, 3.63) is 35.4 Å². The maximum atomic E-state index is 10.4. The summed E-state index contributed by atoms with van der Waals surface area (Å²) in [5.41, 5.74) is 2.52. The molecule has 1 aromatic rings. The van der Waals surface area contributed by atoms with E-state index in [1.54, 1.807) is 0 Å². The molecule has 0 amide bonds. The molecule has 2 rings (SSSR count). The van der Waals surface area contributed by atoms with Gasteiger partial charge in [-0.25, -0.2) is 0 Å². The molecule has 1 aromatic carbocycles. The van der Waals surface area contributed by atoms with Crippen LogP contribution in [-0.4, -0.2) is 30.1 Å². The van der Waals surface area contributed by atoms with Crippen molar-refractivity contribution >= 4 is 0 Å². The third kappa shape index (κ3) is 4.82. The summed E-state index contributed by atoms with van der Waals surface area (Å²) in [6, 6.07) is 8.45. The first-order chi connectivity index (χ1) is 9.86. The molecule has 118 valence electrons. The minimum atomic E-state index is -0.384. The van der Waals surface area contributed by atoms with E-state index in [-0.39, 0.29) is 11.5 Å². The molecule has 21 heavy (non-hydrogen) atoms. The smallest absolute Gasteiger partial charge is 0.0916 e. The first-order valence-corrected chi connectivity index (χ1v) is 8.33. The fourth-order valence-electron chi connectivity index (χ4n) is 3.31. The van der Waals surface area contributed by atoms with Crippen LogP contribution in [0.5, 0.6) is 0 Å². The Balaban J connectivity index is 1.88. The van der Waals surface area contributed by atoms with Crippen LogP contribution >= 0.6 is 0 Å². The Hall–Kier alpha value is -0.860. The van der Waals surface area contributed by atoms with Crippen LogP contribution < -0.4 is 0 Å². The van der Waals surface area contributed by atoms with Crippen molar-refractivity contribution in [2.45, 2.75) is 58.0 Å². The first kappa shape index (κ1) is 16.5. The van der Waals surface area contributed by atoms with Gasteiger partial charge < -0.3 is 10.0 Å². The molecule has 1 aliphatic rings. The molecule has 2 heteroatoms. The summed E-state index contributed by atoms with van der Waals surface area (Å²) in [6.07, 6.45) is 5.11. The average Bonchev–Trinajstić information content (AvgIpc) is 2.90. The summed E-state index contributed by atoms with van der Waals surface area (Å²) in [5, 5.41) is 10.4. The van der Waals surface area contributed by atoms with Crippen LogP contribution in [0.25, 0.3) is 0 Å². The Labute approximate surface area is 130 Å². The van der Waals surface area contributed by atoms with E-state index in [9.17, 15) is 5.11 Å². The van der Waals surface area contributed by atoms with Gasteiger partial charge in [0.05, 0.1) is 6.10 Å². The van der Waals surface area contributed by atoms with Gasteiger partial charge in [0.25, 0.3) is 0 Å². The number of aliphatic hydroxyl groups excluding tert-OH is 1. The largest absolute Gasteiger partial charge is 0.387 e. The highest BCUT2D eigenvalue weighted by Gasteiger charge is 2.19. The Morgan fingerprint density at radius 3 is 2.24 bits per heavy atom. The summed E-state index contributed by atoms with van der Waals surface area (Å²) in [4.78, 5) is 2.29. The fraction of sp³-hybridized carbons (Fsp3) is 0.684. The van der Waals surface area contributed by atoms with Gasteiger partial charge >= 0.3 is 0 Å². The topological polar surface area (TPSA) is 23.5 Å². The summed E-state index contributed by atoms with van der Waals surface area (Å²) >= 11 is 0. The molecule has 1 aliphatic carbocycles.